The minimum atomic E-state index is -0.780. The van der Waals surface area contributed by atoms with Crippen LogP contribution in [-0.4, -0.2) is 16.2 Å². The Kier molecular flexibility index (Phi) is 10.3. The number of aliphatic hydroxyl groups excluding tert-OH is 1. The zero-order valence-electron chi connectivity index (χ0n) is 11.2. The molecule has 1 aromatic carbocycles. The van der Waals surface area contributed by atoms with Gasteiger partial charge in [0.25, 0.3) is 0 Å². The summed E-state index contributed by atoms with van der Waals surface area (Å²) in [5, 5.41) is 17.9. The average Bonchev–Trinajstić information content (AvgIpc) is 3.07. The third-order valence-corrected chi connectivity index (χ3v) is 2.61. The molecular weight excluding hydrogens is 296 g/mol. The van der Waals surface area contributed by atoms with E-state index in [0.717, 1.165) is 5.57 Å². The first-order valence-electron chi connectivity index (χ1n) is 6.35. The number of carboxylic acid groups (broad SMARTS) is 1. The van der Waals surface area contributed by atoms with Crippen molar-refractivity contribution in [3.05, 3.63) is 66.0 Å². The molecule has 0 spiro atoms. The maximum absolute atomic E-state index is 10.2. The van der Waals surface area contributed by atoms with Crippen LogP contribution in [0, 0.1) is 0 Å². The second kappa shape index (κ2) is 11.2. The van der Waals surface area contributed by atoms with Gasteiger partial charge in [0.1, 0.15) is 0 Å². The number of unbranched alkanes of at least 4 members (excludes halogenated alkanes) is 1. The number of hydrogen-bond donors (Lipinski definition) is 2. The summed E-state index contributed by atoms with van der Waals surface area (Å²) >= 11 is 0. The Balaban J connectivity index is 0.000000507. The first kappa shape index (κ1) is 18.4. The van der Waals surface area contributed by atoms with Gasteiger partial charge in [-0.2, -0.15) is 18.2 Å². The third kappa shape index (κ3) is 8.46. The molecule has 0 aromatic heterocycles. The van der Waals surface area contributed by atoms with Crippen LogP contribution in [0.25, 0.3) is 0 Å². The van der Waals surface area contributed by atoms with Crippen molar-refractivity contribution in [2.75, 3.05) is 0 Å². The number of aliphatic hydroxyl groups is 1. The minimum absolute atomic E-state index is 0. The van der Waals surface area contributed by atoms with Crippen molar-refractivity contribution >= 4 is 5.97 Å². The first-order chi connectivity index (χ1) is 9.20. The van der Waals surface area contributed by atoms with E-state index in [-0.39, 0.29) is 23.5 Å². The van der Waals surface area contributed by atoms with Crippen LogP contribution in [0.3, 0.4) is 0 Å². The molecule has 2 rings (SSSR count). The summed E-state index contributed by atoms with van der Waals surface area (Å²) in [6.45, 7) is 0. The molecule has 0 heterocycles. The van der Waals surface area contributed by atoms with Crippen molar-refractivity contribution < 1.29 is 32.1 Å². The van der Waals surface area contributed by atoms with E-state index in [1.807, 2.05) is 54.6 Å². The molecule has 20 heavy (non-hydrogen) atoms. The number of hydrogen-bond acceptors (Lipinski definition) is 2. The Labute approximate surface area is 130 Å². The number of aliphatic carboxylic acids is 1. The molecule has 0 saturated heterocycles. The van der Waals surface area contributed by atoms with E-state index in [1.165, 1.54) is 0 Å². The van der Waals surface area contributed by atoms with Gasteiger partial charge in [-0.1, -0.05) is 24.3 Å². The van der Waals surface area contributed by atoms with E-state index in [0.29, 0.717) is 25.0 Å². The van der Waals surface area contributed by atoms with Gasteiger partial charge in [0.2, 0.25) is 0 Å². The normalized spacial score (nSPS) is 11.5. The van der Waals surface area contributed by atoms with Gasteiger partial charge in [-0.05, 0) is 12.8 Å². The van der Waals surface area contributed by atoms with Crippen LogP contribution in [0.1, 0.15) is 25.7 Å². The number of carbonyl (C=O) groups is 1. The molecule has 0 atom stereocenters. The summed E-state index contributed by atoms with van der Waals surface area (Å²) in [5.41, 5.74) is 0.834. The van der Waals surface area contributed by atoms with Crippen LogP contribution >= 0.6 is 0 Å². The summed E-state index contributed by atoms with van der Waals surface area (Å²) in [6.07, 6.45) is 9.46. The standard InChI is InChI=1S/C11H14O3.C5H5.Fe/c12-10(9-5-1-2-6-9)7-3-4-8-11(13)14;1-2-4-5-3-1;/h1-2,5-6,12H,3-4,7-8H2,(H,13,14);1-5H;/q;-1;. The number of rotatable bonds is 5. The SMILES string of the molecule is O=C(O)CCCCC(O)=C1C=CC=C1.[Fe].c1cc[cH-]c1. The zero-order valence-corrected chi connectivity index (χ0v) is 12.3. The minimum Gasteiger partial charge on any atom is -0.512 e. The molecule has 1 aromatic rings. The fraction of sp³-hybridized carbons (Fsp3) is 0.250. The molecule has 0 saturated carbocycles. The molecule has 0 amide bonds. The number of allylic oxidation sites excluding steroid dienone is 6. The van der Waals surface area contributed by atoms with Crippen molar-refractivity contribution in [3.63, 3.8) is 0 Å². The van der Waals surface area contributed by atoms with Crippen LogP contribution in [0.5, 0.6) is 0 Å². The Hall–Kier alpha value is -1.64. The van der Waals surface area contributed by atoms with Crippen LogP contribution < -0.4 is 0 Å². The third-order valence-electron chi connectivity index (χ3n) is 2.61. The molecule has 0 fully saturated rings. The Morgan fingerprint density at radius 1 is 1.00 bits per heavy atom. The van der Waals surface area contributed by atoms with Gasteiger partial charge in [0, 0.05) is 35.5 Å². The molecule has 0 radical (unpaired) electrons. The molecule has 1 aliphatic rings. The molecule has 0 unspecified atom stereocenters. The first-order valence-corrected chi connectivity index (χ1v) is 6.35. The van der Waals surface area contributed by atoms with Gasteiger partial charge in [-0.15, -0.1) is 0 Å². The van der Waals surface area contributed by atoms with Gasteiger partial charge in [0.15, 0.2) is 0 Å². The number of carboxylic acids is 1. The Morgan fingerprint density at radius 3 is 2.00 bits per heavy atom. The van der Waals surface area contributed by atoms with Crippen LogP contribution in [0.4, 0.5) is 0 Å². The molecule has 110 valence electrons. The second-order valence-electron chi connectivity index (χ2n) is 4.18. The van der Waals surface area contributed by atoms with Crippen molar-refractivity contribution in [1.82, 2.24) is 0 Å². The van der Waals surface area contributed by atoms with E-state index >= 15 is 0 Å². The predicted molar refractivity (Wildman–Crippen MR) is 76.1 cm³/mol. The predicted octanol–water partition coefficient (Wildman–Crippen LogP) is 3.97. The molecule has 2 N–H and O–H groups in total. The van der Waals surface area contributed by atoms with E-state index in [9.17, 15) is 9.90 Å². The summed E-state index contributed by atoms with van der Waals surface area (Å²) in [4.78, 5) is 10.2. The second-order valence-corrected chi connectivity index (χ2v) is 4.18. The Bertz CT molecular complexity index is 425. The van der Waals surface area contributed by atoms with Crippen LogP contribution in [0.15, 0.2) is 66.0 Å². The molecule has 3 nitrogen and oxygen atoms in total. The van der Waals surface area contributed by atoms with Crippen LogP contribution in [0.2, 0.25) is 0 Å². The fourth-order valence-corrected chi connectivity index (χ4v) is 1.60. The maximum atomic E-state index is 10.2. The average molecular weight is 315 g/mol. The largest absolute Gasteiger partial charge is 0.512 e. The van der Waals surface area contributed by atoms with Crippen molar-refractivity contribution in [1.29, 1.82) is 0 Å². The van der Waals surface area contributed by atoms with Crippen LogP contribution in [-0.2, 0) is 21.9 Å². The summed E-state index contributed by atoms with van der Waals surface area (Å²) < 4.78 is 0. The fourth-order valence-electron chi connectivity index (χ4n) is 1.60. The van der Waals surface area contributed by atoms with Gasteiger partial charge in [-0.25, -0.2) is 12.1 Å². The summed E-state index contributed by atoms with van der Waals surface area (Å²) in [5.74, 6) is -0.432. The maximum Gasteiger partial charge on any atom is 0.303 e. The molecular formula is C16H19FeO3-. The zero-order chi connectivity index (χ0) is 13.9. The van der Waals surface area contributed by atoms with Gasteiger partial charge in [0.05, 0.1) is 5.76 Å². The van der Waals surface area contributed by atoms with Crippen molar-refractivity contribution in [2.24, 2.45) is 0 Å². The van der Waals surface area contributed by atoms with Crippen molar-refractivity contribution in [2.45, 2.75) is 25.7 Å². The Morgan fingerprint density at radius 2 is 1.55 bits per heavy atom. The molecule has 0 aliphatic heterocycles. The van der Waals surface area contributed by atoms with Gasteiger partial charge in [-0.3, -0.25) is 4.79 Å². The summed E-state index contributed by atoms with van der Waals surface area (Å²) in [6, 6.07) is 10.0. The molecule has 4 heteroatoms. The monoisotopic (exact) mass is 315 g/mol. The van der Waals surface area contributed by atoms with Gasteiger partial charge < -0.3 is 10.2 Å². The summed E-state index contributed by atoms with van der Waals surface area (Å²) in [7, 11) is 0. The molecule has 0 bridgehead atoms. The van der Waals surface area contributed by atoms with E-state index in [4.69, 9.17) is 5.11 Å². The topological polar surface area (TPSA) is 57.5 Å². The van der Waals surface area contributed by atoms with E-state index < -0.39 is 5.97 Å². The van der Waals surface area contributed by atoms with E-state index in [2.05, 4.69) is 0 Å². The quantitative estimate of drug-likeness (QED) is 0.374. The van der Waals surface area contributed by atoms with Crippen molar-refractivity contribution in [3.8, 4) is 0 Å². The smallest absolute Gasteiger partial charge is 0.303 e. The molecule has 1 aliphatic carbocycles. The van der Waals surface area contributed by atoms with Gasteiger partial charge >= 0.3 is 5.97 Å². The van der Waals surface area contributed by atoms with E-state index in [1.54, 1.807) is 0 Å².